The molecule has 1 amide bonds. The topological polar surface area (TPSA) is 41.1 Å². The second kappa shape index (κ2) is 5.14. The number of hydrogen-bond donors (Lipinski definition) is 2. The predicted molar refractivity (Wildman–Crippen MR) is 51.0 cm³/mol. The largest absolute Gasteiger partial charge is 0.355 e. The molecule has 0 aromatic carbocycles. The third kappa shape index (κ3) is 9.43. The van der Waals surface area contributed by atoms with Crippen LogP contribution in [0.1, 0.15) is 27.7 Å². The van der Waals surface area contributed by atoms with Gasteiger partial charge >= 0.3 is 0 Å². The first-order valence-corrected chi connectivity index (χ1v) is 4.37. The molecule has 0 rings (SSSR count). The molecule has 3 nitrogen and oxygen atoms in total. The van der Waals surface area contributed by atoms with E-state index < -0.39 is 0 Å². The Bertz CT molecular complexity index is 138. The van der Waals surface area contributed by atoms with Crippen molar-refractivity contribution in [1.29, 1.82) is 0 Å². The molecule has 0 atom stereocenters. The van der Waals surface area contributed by atoms with Crippen LogP contribution in [-0.2, 0) is 4.79 Å². The Hall–Kier alpha value is -0.570. The van der Waals surface area contributed by atoms with Crippen molar-refractivity contribution in [1.82, 2.24) is 10.6 Å². The first-order chi connectivity index (χ1) is 5.42. The van der Waals surface area contributed by atoms with Gasteiger partial charge in [0, 0.05) is 26.6 Å². The number of hydrogen-bond acceptors (Lipinski definition) is 2. The molecule has 0 aromatic heterocycles. The highest BCUT2D eigenvalue weighted by molar-refractivity contribution is 5.72. The molecule has 0 unspecified atom stereocenters. The van der Waals surface area contributed by atoms with E-state index in [1.54, 1.807) is 0 Å². The van der Waals surface area contributed by atoms with Crippen molar-refractivity contribution in [2.24, 2.45) is 5.41 Å². The Balaban J connectivity index is 3.17. The standard InChI is InChI=1S/C9H20N2O/c1-8(12)11-6-5-10-7-9(2,3)4/h10H,5-7H2,1-4H3,(H,11,12). The summed E-state index contributed by atoms with van der Waals surface area (Å²) in [6.45, 7) is 10.6. The number of amides is 1. The molecule has 0 bridgehead atoms. The molecule has 0 aromatic rings. The molecule has 72 valence electrons. The molecule has 0 saturated carbocycles. The zero-order valence-electron chi connectivity index (χ0n) is 8.53. The number of carbonyl (C=O) groups excluding carboxylic acids is 1. The van der Waals surface area contributed by atoms with E-state index in [2.05, 4.69) is 31.4 Å². The number of carbonyl (C=O) groups is 1. The maximum absolute atomic E-state index is 10.5. The number of rotatable bonds is 4. The van der Waals surface area contributed by atoms with Gasteiger partial charge in [0.15, 0.2) is 0 Å². The van der Waals surface area contributed by atoms with E-state index in [0.717, 1.165) is 13.1 Å². The Kier molecular flexibility index (Phi) is 4.90. The molecule has 0 saturated heterocycles. The van der Waals surface area contributed by atoms with Crippen LogP contribution >= 0.6 is 0 Å². The maximum atomic E-state index is 10.5. The smallest absolute Gasteiger partial charge is 0.216 e. The summed E-state index contributed by atoms with van der Waals surface area (Å²) in [4.78, 5) is 10.5. The molecule has 0 spiro atoms. The molecular formula is C9H20N2O. The van der Waals surface area contributed by atoms with Crippen LogP contribution in [0, 0.1) is 5.41 Å². The molecule has 0 aliphatic carbocycles. The zero-order valence-corrected chi connectivity index (χ0v) is 8.53. The summed E-state index contributed by atoms with van der Waals surface area (Å²) in [7, 11) is 0. The first-order valence-electron chi connectivity index (χ1n) is 4.37. The third-order valence-corrected chi connectivity index (χ3v) is 1.33. The predicted octanol–water partition coefficient (Wildman–Crippen LogP) is 0.758. The van der Waals surface area contributed by atoms with Gasteiger partial charge in [-0.25, -0.2) is 0 Å². The van der Waals surface area contributed by atoms with E-state index in [9.17, 15) is 4.79 Å². The summed E-state index contributed by atoms with van der Waals surface area (Å²) in [5.74, 6) is 0.0348. The fraction of sp³-hybridized carbons (Fsp3) is 0.889. The summed E-state index contributed by atoms with van der Waals surface area (Å²) in [5.41, 5.74) is 0.316. The Morgan fingerprint density at radius 3 is 2.25 bits per heavy atom. The number of nitrogens with one attached hydrogen (secondary N) is 2. The Morgan fingerprint density at radius 2 is 1.83 bits per heavy atom. The van der Waals surface area contributed by atoms with Crippen molar-refractivity contribution in [3.8, 4) is 0 Å². The van der Waals surface area contributed by atoms with Crippen LogP contribution < -0.4 is 10.6 Å². The van der Waals surface area contributed by atoms with E-state index in [1.165, 1.54) is 6.92 Å². The van der Waals surface area contributed by atoms with E-state index in [1.807, 2.05) is 0 Å². The third-order valence-electron chi connectivity index (χ3n) is 1.33. The van der Waals surface area contributed by atoms with Gasteiger partial charge in [-0.1, -0.05) is 20.8 Å². The van der Waals surface area contributed by atoms with Crippen LogP contribution in [0.15, 0.2) is 0 Å². The molecule has 12 heavy (non-hydrogen) atoms. The average molecular weight is 172 g/mol. The van der Waals surface area contributed by atoms with Gasteiger partial charge in [-0.3, -0.25) is 4.79 Å². The lowest BCUT2D eigenvalue weighted by atomic mass is 9.97. The minimum atomic E-state index is 0.0348. The van der Waals surface area contributed by atoms with Crippen molar-refractivity contribution in [3.63, 3.8) is 0 Å². The van der Waals surface area contributed by atoms with E-state index in [-0.39, 0.29) is 5.91 Å². The SMILES string of the molecule is CC(=O)NCCNCC(C)(C)C. The lowest BCUT2D eigenvalue weighted by molar-refractivity contribution is -0.118. The average Bonchev–Trinajstić information content (AvgIpc) is 1.83. The molecule has 3 heteroatoms. The Morgan fingerprint density at radius 1 is 1.25 bits per heavy atom. The van der Waals surface area contributed by atoms with Gasteiger partial charge in [0.1, 0.15) is 0 Å². The zero-order chi connectivity index (χ0) is 9.61. The molecule has 0 heterocycles. The van der Waals surface area contributed by atoms with Gasteiger partial charge in [-0.15, -0.1) is 0 Å². The lowest BCUT2D eigenvalue weighted by Crippen LogP contribution is -2.34. The molecular weight excluding hydrogens is 152 g/mol. The minimum Gasteiger partial charge on any atom is -0.355 e. The van der Waals surface area contributed by atoms with Crippen LogP contribution in [0.3, 0.4) is 0 Å². The monoisotopic (exact) mass is 172 g/mol. The van der Waals surface area contributed by atoms with Gasteiger partial charge < -0.3 is 10.6 Å². The van der Waals surface area contributed by atoms with Crippen LogP contribution in [-0.4, -0.2) is 25.5 Å². The van der Waals surface area contributed by atoms with Gasteiger partial charge in [0.25, 0.3) is 0 Å². The molecule has 0 radical (unpaired) electrons. The van der Waals surface area contributed by atoms with Crippen LogP contribution in [0.25, 0.3) is 0 Å². The molecule has 2 N–H and O–H groups in total. The van der Waals surface area contributed by atoms with Crippen LogP contribution in [0.2, 0.25) is 0 Å². The second-order valence-electron chi connectivity index (χ2n) is 4.22. The molecule has 0 fully saturated rings. The normalized spacial score (nSPS) is 11.3. The first kappa shape index (κ1) is 11.4. The van der Waals surface area contributed by atoms with Gasteiger partial charge in [0.05, 0.1) is 0 Å². The fourth-order valence-corrected chi connectivity index (χ4v) is 0.790. The van der Waals surface area contributed by atoms with Gasteiger partial charge in [-0.05, 0) is 5.41 Å². The van der Waals surface area contributed by atoms with E-state index in [0.29, 0.717) is 12.0 Å². The summed E-state index contributed by atoms with van der Waals surface area (Å²) >= 11 is 0. The van der Waals surface area contributed by atoms with Gasteiger partial charge in [0.2, 0.25) is 5.91 Å². The summed E-state index contributed by atoms with van der Waals surface area (Å²) in [5, 5.41) is 6.00. The van der Waals surface area contributed by atoms with Crippen LogP contribution in [0.4, 0.5) is 0 Å². The van der Waals surface area contributed by atoms with E-state index >= 15 is 0 Å². The second-order valence-corrected chi connectivity index (χ2v) is 4.22. The van der Waals surface area contributed by atoms with Gasteiger partial charge in [-0.2, -0.15) is 0 Å². The maximum Gasteiger partial charge on any atom is 0.216 e. The fourth-order valence-electron chi connectivity index (χ4n) is 0.790. The summed E-state index contributed by atoms with van der Waals surface area (Å²) in [6.07, 6.45) is 0. The highest BCUT2D eigenvalue weighted by Crippen LogP contribution is 2.09. The Labute approximate surface area is 74.9 Å². The van der Waals surface area contributed by atoms with Crippen LogP contribution in [0.5, 0.6) is 0 Å². The van der Waals surface area contributed by atoms with Crippen molar-refractivity contribution in [2.75, 3.05) is 19.6 Å². The highest BCUT2D eigenvalue weighted by atomic mass is 16.1. The highest BCUT2D eigenvalue weighted by Gasteiger charge is 2.07. The van der Waals surface area contributed by atoms with Crippen molar-refractivity contribution < 1.29 is 4.79 Å². The molecule has 0 aliphatic heterocycles. The minimum absolute atomic E-state index is 0.0348. The molecule has 0 aliphatic rings. The quantitative estimate of drug-likeness (QED) is 0.615. The van der Waals surface area contributed by atoms with E-state index in [4.69, 9.17) is 0 Å². The summed E-state index contributed by atoms with van der Waals surface area (Å²) < 4.78 is 0. The van der Waals surface area contributed by atoms with Crippen molar-refractivity contribution in [2.45, 2.75) is 27.7 Å². The van der Waals surface area contributed by atoms with Crippen molar-refractivity contribution in [3.05, 3.63) is 0 Å². The lowest BCUT2D eigenvalue weighted by Gasteiger charge is -2.18. The summed E-state index contributed by atoms with van der Waals surface area (Å²) in [6, 6.07) is 0. The van der Waals surface area contributed by atoms with Crippen molar-refractivity contribution >= 4 is 5.91 Å².